The van der Waals surface area contributed by atoms with Gasteiger partial charge in [-0.1, -0.05) is 29.8 Å². The Bertz CT molecular complexity index is 403. The molecule has 1 aromatic carbocycles. The van der Waals surface area contributed by atoms with Crippen molar-refractivity contribution >= 4 is 6.09 Å². The fourth-order valence-corrected chi connectivity index (χ4v) is 1.60. The summed E-state index contributed by atoms with van der Waals surface area (Å²) in [6.07, 6.45) is -0.809. The van der Waals surface area contributed by atoms with E-state index in [0.717, 1.165) is 5.56 Å². The van der Waals surface area contributed by atoms with Gasteiger partial charge < -0.3 is 10.1 Å². The normalized spacial score (nSPS) is 23.4. The summed E-state index contributed by atoms with van der Waals surface area (Å²) in [5, 5.41) is 2.13. The average molecular weight is 227 g/mol. The zero-order chi connectivity index (χ0) is 11.8. The van der Waals surface area contributed by atoms with Crippen molar-refractivity contribution in [2.45, 2.75) is 18.9 Å². The van der Waals surface area contributed by atoms with Crippen LogP contribution in [0.25, 0.3) is 0 Å². The van der Waals surface area contributed by atoms with E-state index in [-0.39, 0.29) is 0 Å². The summed E-state index contributed by atoms with van der Waals surface area (Å²) in [6, 6.07) is 5.31. The zero-order valence-corrected chi connectivity index (χ0v) is 8.67. The highest BCUT2D eigenvalue weighted by atomic mass is 19.3. The number of hydrogen-bond acceptors (Lipinski definition) is 2. The lowest BCUT2D eigenvalue weighted by Gasteiger charge is -2.31. The second-order valence-corrected chi connectivity index (χ2v) is 3.83. The molecule has 16 heavy (non-hydrogen) atoms. The molecule has 0 aliphatic carbocycles. The van der Waals surface area contributed by atoms with Crippen molar-refractivity contribution in [1.29, 1.82) is 0 Å². The molecule has 86 valence electrons. The minimum absolute atomic E-state index is 0.382. The molecule has 1 amide bonds. The highest BCUT2D eigenvalue weighted by Gasteiger charge is 2.46. The molecule has 1 atom stereocenters. The standard InChI is InChI=1S/C11H11F2NO2/c1-7-2-4-8(5-3-7)9-11(12,13)6-16-10(15)14-9/h2-5,9H,6H2,1H3,(H,14,15)/t9-/m0/s1. The summed E-state index contributed by atoms with van der Waals surface area (Å²) >= 11 is 0. The minimum Gasteiger partial charge on any atom is -0.443 e. The molecule has 1 aromatic rings. The van der Waals surface area contributed by atoms with Crippen molar-refractivity contribution in [2.24, 2.45) is 0 Å². The number of rotatable bonds is 1. The smallest absolute Gasteiger partial charge is 0.408 e. The van der Waals surface area contributed by atoms with Crippen LogP contribution in [0.3, 0.4) is 0 Å². The van der Waals surface area contributed by atoms with Crippen LogP contribution in [0.15, 0.2) is 24.3 Å². The Morgan fingerprint density at radius 3 is 2.62 bits per heavy atom. The summed E-state index contributed by atoms with van der Waals surface area (Å²) in [7, 11) is 0. The van der Waals surface area contributed by atoms with E-state index in [2.05, 4.69) is 10.1 Å². The number of halogens is 2. The van der Waals surface area contributed by atoms with Crippen LogP contribution >= 0.6 is 0 Å². The number of benzene rings is 1. The van der Waals surface area contributed by atoms with Crippen molar-refractivity contribution < 1.29 is 18.3 Å². The molecule has 2 rings (SSSR count). The van der Waals surface area contributed by atoms with E-state index < -0.39 is 24.7 Å². The molecule has 1 aliphatic heterocycles. The van der Waals surface area contributed by atoms with Crippen molar-refractivity contribution in [1.82, 2.24) is 5.32 Å². The van der Waals surface area contributed by atoms with Gasteiger partial charge in [0.05, 0.1) is 0 Å². The number of amides is 1. The molecule has 1 saturated heterocycles. The van der Waals surface area contributed by atoms with Gasteiger partial charge >= 0.3 is 12.0 Å². The number of alkyl carbamates (subject to hydrolysis) is 1. The van der Waals surface area contributed by atoms with Gasteiger partial charge in [-0.2, -0.15) is 0 Å². The van der Waals surface area contributed by atoms with Crippen LogP contribution < -0.4 is 5.32 Å². The monoisotopic (exact) mass is 227 g/mol. The highest BCUT2D eigenvalue weighted by molar-refractivity contribution is 5.69. The van der Waals surface area contributed by atoms with Crippen molar-refractivity contribution in [2.75, 3.05) is 6.61 Å². The predicted octanol–water partition coefficient (Wildman–Crippen LogP) is 2.41. The molecule has 1 fully saturated rings. The molecular formula is C11H11F2NO2. The molecule has 0 saturated carbocycles. The molecule has 1 aliphatic rings. The van der Waals surface area contributed by atoms with Crippen molar-refractivity contribution in [3.05, 3.63) is 35.4 Å². The second-order valence-electron chi connectivity index (χ2n) is 3.83. The van der Waals surface area contributed by atoms with Gasteiger partial charge in [-0.3, -0.25) is 0 Å². The first-order chi connectivity index (χ1) is 7.49. The van der Waals surface area contributed by atoms with E-state index in [1.807, 2.05) is 6.92 Å². The summed E-state index contributed by atoms with van der Waals surface area (Å²) < 4.78 is 31.2. The molecule has 0 radical (unpaired) electrons. The molecule has 0 unspecified atom stereocenters. The van der Waals surface area contributed by atoms with Crippen LogP contribution in [0.2, 0.25) is 0 Å². The van der Waals surface area contributed by atoms with Crippen molar-refractivity contribution in [3.8, 4) is 0 Å². The van der Waals surface area contributed by atoms with Gasteiger partial charge in [0.15, 0.2) is 6.61 Å². The van der Waals surface area contributed by atoms with E-state index in [9.17, 15) is 13.6 Å². The third-order valence-electron chi connectivity index (χ3n) is 2.49. The number of carbonyl (C=O) groups is 1. The molecular weight excluding hydrogens is 216 g/mol. The summed E-state index contributed by atoms with van der Waals surface area (Å²) in [6.45, 7) is 0.988. The topological polar surface area (TPSA) is 38.3 Å². The first-order valence-corrected chi connectivity index (χ1v) is 4.87. The van der Waals surface area contributed by atoms with Gasteiger partial charge in [-0.15, -0.1) is 0 Å². The van der Waals surface area contributed by atoms with E-state index in [1.165, 1.54) is 0 Å². The fraction of sp³-hybridized carbons (Fsp3) is 0.364. The Balaban J connectivity index is 2.30. The van der Waals surface area contributed by atoms with Gasteiger partial charge in [-0.05, 0) is 12.5 Å². The molecule has 1 N–H and O–H groups in total. The number of cyclic esters (lactones) is 1. The summed E-state index contributed by atoms with van der Waals surface area (Å²) in [5.41, 5.74) is 1.36. The summed E-state index contributed by atoms with van der Waals surface area (Å²) in [5.74, 6) is -3.08. The SMILES string of the molecule is Cc1ccc([C@@H]2NC(=O)OCC2(F)F)cc1. The third-order valence-corrected chi connectivity index (χ3v) is 2.49. The quantitative estimate of drug-likeness (QED) is 0.800. The Morgan fingerprint density at radius 2 is 2.00 bits per heavy atom. The van der Waals surface area contributed by atoms with Crippen LogP contribution in [-0.4, -0.2) is 18.6 Å². The lowest BCUT2D eigenvalue weighted by Crippen LogP contribution is -2.49. The number of hydrogen-bond donors (Lipinski definition) is 1. The first-order valence-electron chi connectivity index (χ1n) is 4.87. The third kappa shape index (κ3) is 1.98. The van der Waals surface area contributed by atoms with Gasteiger partial charge in [0, 0.05) is 0 Å². The van der Waals surface area contributed by atoms with Gasteiger partial charge in [-0.25, -0.2) is 13.6 Å². The minimum atomic E-state index is -3.08. The number of nitrogens with one attached hydrogen (secondary N) is 1. The summed E-state index contributed by atoms with van der Waals surface area (Å²) in [4.78, 5) is 10.9. The van der Waals surface area contributed by atoms with E-state index in [1.54, 1.807) is 24.3 Å². The number of ether oxygens (including phenoxy) is 1. The van der Waals surface area contributed by atoms with Gasteiger partial charge in [0.1, 0.15) is 6.04 Å². The van der Waals surface area contributed by atoms with E-state index in [4.69, 9.17) is 0 Å². The van der Waals surface area contributed by atoms with Crippen LogP contribution in [0, 0.1) is 6.92 Å². The van der Waals surface area contributed by atoms with Gasteiger partial charge in [0.2, 0.25) is 0 Å². The Kier molecular flexibility index (Phi) is 2.53. The van der Waals surface area contributed by atoms with E-state index >= 15 is 0 Å². The molecule has 0 bridgehead atoms. The molecule has 3 nitrogen and oxygen atoms in total. The number of alkyl halides is 2. The lowest BCUT2D eigenvalue weighted by atomic mass is 9.99. The second kappa shape index (κ2) is 3.73. The Hall–Kier alpha value is -1.65. The first kappa shape index (κ1) is 10.9. The maximum Gasteiger partial charge on any atom is 0.408 e. The molecule has 0 aromatic heterocycles. The van der Waals surface area contributed by atoms with Gasteiger partial charge in [0.25, 0.3) is 0 Å². The van der Waals surface area contributed by atoms with Crippen molar-refractivity contribution in [3.63, 3.8) is 0 Å². The van der Waals surface area contributed by atoms with Crippen LogP contribution in [-0.2, 0) is 4.74 Å². The molecule has 5 heteroatoms. The number of carbonyl (C=O) groups excluding carboxylic acids is 1. The largest absolute Gasteiger partial charge is 0.443 e. The van der Waals surface area contributed by atoms with Crippen LogP contribution in [0.5, 0.6) is 0 Å². The maximum atomic E-state index is 13.5. The molecule has 1 heterocycles. The number of aryl methyl sites for hydroxylation is 1. The molecule has 0 spiro atoms. The maximum absolute atomic E-state index is 13.5. The predicted molar refractivity (Wildman–Crippen MR) is 53.4 cm³/mol. The lowest BCUT2D eigenvalue weighted by molar-refractivity contribution is -0.104. The van der Waals surface area contributed by atoms with Crippen LogP contribution in [0.1, 0.15) is 17.2 Å². The Morgan fingerprint density at radius 1 is 1.38 bits per heavy atom. The Labute approximate surface area is 91.4 Å². The van der Waals surface area contributed by atoms with E-state index in [0.29, 0.717) is 5.56 Å². The highest BCUT2D eigenvalue weighted by Crippen LogP contribution is 2.34. The zero-order valence-electron chi connectivity index (χ0n) is 8.67. The van der Waals surface area contributed by atoms with Crippen LogP contribution in [0.4, 0.5) is 13.6 Å². The average Bonchev–Trinajstić information content (AvgIpc) is 2.23. The fourth-order valence-electron chi connectivity index (χ4n) is 1.60.